The Morgan fingerprint density at radius 3 is 2.74 bits per heavy atom. The van der Waals surface area contributed by atoms with E-state index >= 15 is 0 Å². The van der Waals surface area contributed by atoms with Crippen molar-refractivity contribution >= 4 is 50.5 Å². The molecular weight excluding hydrogens is 367 g/mol. The first-order chi connectivity index (χ1) is 9.11. The fourth-order valence-electron chi connectivity index (χ4n) is 1.69. The molecule has 1 nitrogen and oxygen atoms in total. The first-order valence-electron chi connectivity index (χ1n) is 5.93. The van der Waals surface area contributed by atoms with E-state index in [1.807, 2.05) is 30.3 Å². The number of halogens is 3. The quantitative estimate of drug-likeness (QED) is 0.551. The molecule has 0 saturated carbocycles. The maximum atomic E-state index is 6.19. The van der Waals surface area contributed by atoms with E-state index in [4.69, 9.17) is 27.9 Å². The Labute approximate surface area is 135 Å². The Morgan fingerprint density at radius 1 is 1.32 bits per heavy atom. The second kappa shape index (κ2) is 6.98. The van der Waals surface area contributed by atoms with Gasteiger partial charge in [0.1, 0.15) is 5.75 Å². The predicted molar refractivity (Wildman–Crippen MR) is 87.3 cm³/mol. The molecule has 0 amide bonds. The van der Waals surface area contributed by atoms with Crippen molar-refractivity contribution in [3.8, 4) is 5.75 Å². The van der Waals surface area contributed by atoms with Gasteiger partial charge in [0.05, 0.1) is 20.1 Å². The second-order valence-electron chi connectivity index (χ2n) is 4.06. The van der Waals surface area contributed by atoms with Gasteiger partial charge in [-0.3, -0.25) is 0 Å². The number of ether oxygens (including phenoxy) is 1. The summed E-state index contributed by atoms with van der Waals surface area (Å²) in [6.45, 7) is 2.81. The Kier molecular flexibility index (Phi) is 5.58. The van der Waals surface area contributed by atoms with E-state index in [1.54, 1.807) is 0 Å². The van der Waals surface area contributed by atoms with Gasteiger partial charge >= 0.3 is 0 Å². The van der Waals surface area contributed by atoms with Gasteiger partial charge in [-0.25, -0.2) is 0 Å². The van der Waals surface area contributed by atoms with Crippen molar-refractivity contribution in [2.24, 2.45) is 0 Å². The van der Waals surface area contributed by atoms with Crippen molar-refractivity contribution in [1.82, 2.24) is 0 Å². The Bertz CT molecular complexity index is 556. The molecule has 5 heteroatoms. The topological polar surface area (TPSA) is 9.23 Å². The van der Waals surface area contributed by atoms with Crippen LogP contribution in [0.5, 0.6) is 5.75 Å². The third-order valence-electron chi connectivity index (χ3n) is 2.58. The average molecular weight is 380 g/mol. The molecular formula is C14H13BrCl2OS. The van der Waals surface area contributed by atoms with Crippen LogP contribution in [0.1, 0.15) is 29.3 Å². The van der Waals surface area contributed by atoms with Crippen LogP contribution >= 0.6 is 50.5 Å². The largest absolute Gasteiger partial charge is 0.494 e. The summed E-state index contributed by atoms with van der Waals surface area (Å²) in [7, 11) is 0. The summed E-state index contributed by atoms with van der Waals surface area (Å²) >= 11 is 17.2. The number of benzene rings is 1. The highest BCUT2D eigenvalue weighted by Gasteiger charge is 2.17. The number of rotatable bonds is 5. The maximum Gasteiger partial charge on any atom is 0.119 e. The number of hydrogen-bond donors (Lipinski definition) is 0. The van der Waals surface area contributed by atoms with Gasteiger partial charge in [-0.2, -0.15) is 0 Å². The minimum absolute atomic E-state index is 0.0222. The van der Waals surface area contributed by atoms with E-state index in [0.29, 0.717) is 8.67 Å². The van der Waals surface area contributed by atoms with Gasteiger partial charge < -0.3 is 4.74 Å². The third-order valence-corrected chi connectivity index (χ3v) is 5.12. The molecule has 0 fully saturated rings. The average Bonchev–Trinajstić information content (AvgIpc) is 2.75. The number of alkyl halides is 1. The number of hydrogen-bond acceptors (Lipinski definition) is 2. The molecule has 0 saturated heterocycles. The normalized spacial score (nSPS) is 12.4. The molecule has 0 aliphatic rings. The van der Waals surface area contributed by atoms with Crippen LogP contribution in [0.2, 0.25) is 8.67 Å². The van der Waals surface area contributed by atoms with Crippen LogP contribution in [0.25, 0.3) is 0 Å². The third kappa shape index (κ3) is 3.88. The van der Waals surface area contributed by atoms with Gasteiger partial charge in [-0.05, 0) is 30.2 Å². The molecule has 0 bridgehead atoms. The molecule has 1 aromatic carbocycles. The van der Waals surface area contributed by atoms with Gasteiger partial charge in [0.2, 0.25) is 0 Å². The van der Waals surface area contributed by atoms with E-state index < -0.39 is 0 Å². The van der Waals surface area contributed by atoms with Crippen LogP contribution in [0.15, 0.2) is 30.3 Å². The SMILES string of the molecule is CCCOc1cccc(C(Br)c2cc(Cl)sc2Cl)c1. The molecule has 2 rings (SSSR count). The van der Waals surface area contributed by atoms with E-state index in [0.717, 1.165) is 29.9 Å². The molecule has 102 valence electrons. The molecule has 0 spiro atoms. The minimum atomic E-state index is 0.0222. The van der Waals surface area contributed by atoms with Crippen LogP contribution in [-0.4, -0.2) is 6.61 Å². The molecule has 1 heterocycles. The lowest BCUT2D eigenvalue weighted by atomic mass is 10.1. The van der Waals surface area contributed by atoms with Crippen molar-refractivity contribution in [2.45, 2.75) is 18.2 Å². The summed E-state index contributed by atoms with van der Waals surface area (Å²) in [6, 6.07) is 9.90. The smallest absolute Gasteiger partial charge is 0.119 e. The van der Waals surface area contributed by atoms with Gasteiger partial charge in [0, 0.05) is 5.56 Å². The fraction of sp³-hybridized carbons (Fsp3) is 0.286. The van der Waals surface area contributed by atoms with E-state index in [9.17, 15) is 0 Å². The van der Waals surface area contributed by atoms with Gasteiger partial charge in [-0.1, -0.05) is 58.2 Å². The highest BCUT2D eigenvalue weighted by molar-refractivity contribution is 9.09. The molecule has 0 aliphatic carbocycles. The van der Waals surface area contributed by atoms with E-state index in [-0.39, 0.29) is 4.83 Å². The first kappa shape index (κ1) is 15.2. The summed E-state index contributed by atoms with van der Waals surface area (Å²) in [6.07, 6.45) is 0.994. The Morgan fingerprint density at radius 2 is 2.11 bits per heavy atom. The maximum absolute atomic E-state index is 6.19. The van der Waals surface area contributed by atoms with Crippen LogP contribution in [-0.2, 0) is 0 Å². The van der Waals surface area contributed by atoms with E-state index in [2.05, 4.69) is 22.9 Å². The van der Waals surface area contributed by atoms with Crippen LogP contribution < -0.4 is 4.74 Å². The number of thiophene rings is 1. The van der Waals surface area contributed by atoms with Crippen LogP contribution in [0.4, 0.5) is 0 Å². The summed E-state index contributed by atoms with van der Waals surface area (Å²) in [5, 5.41) is 0. The van der Waals surface area contributed by atoms with Crippen molar-refractivity contribution in [1.29, 1.82) is 0 Å². The molecule has 0 radical (unpaired) electrons. The molecule has 1 aromatic heterocycles. The van der Waals surface area contributed by atoms with Gasteiger partial charge in [0.25, 0.3) is 0 Å². The molecule has 2 aromatic rings. The van der Waals surface area contributed by atoms with E-state index in [1.165, 1.54) is 11.3 Å². The standard InChI is InChI=1S/C14H13BrCl2OS/c1-2-6-18-10-5-3-4-9(7-10)13(15)11-8-12(16)19-14(11)17/h3-5,7-8,13H,2,6H2,1H3. The van der Waals surface area contributed by atoms with Gasteiger partial charge in [-0.15, -0.1) is 11.3 Å². The van der Waals surface area contributed by atoms with Crippen LogP contribution in [0.3, 0.4) is 0 Å². The molecule has 1 atom stereocenters. The first-order valence-corrected chi connectivity index (χ1v) is 8.42. The fourth-order valence-corrected chi connectivity index (χ4v) is 4.15. The summed E-state index contributed by atoms with van der Waals surface area (Å²) in [5.74, 6) is 0.876. The molecule has 1 unspecified atom stereocenters. The van der Waals surface area contributed by atoms with Crippen molar-refractivity contribution in [3.63, 3.8) is 0 Å². The van der Waals surface area contributed by atoms with Crippen molar-refractivity contribution in [3.05, 3.63) is 50.1 Å². The summed E-state index contributed by atoms with van der Waals surface area (Å²) in [4.78, 5) is 0.0222. The zero-order valence-electron chi connectivity index (χ0n) is 10.3. The zero-order chi connectivity index (χ0) is 13.8. The molecule has 19 heavy (non-hydrogen) atoms. The Hall–Kier alpha value is -0.220. The molecule has 0 N–H and O–H groups in total. The molecule has 0 aliphatic heterocycles. The monoisotopic (exact) mass is 378 g/mol. The minimum Gasteiger partial charge on any atom is -0.494 e. The van der Waals surface area contributed by atoms with Crippen molar-refractivity contribution in [2.75, 3.05) is 6.61 Å². The summed E-state index contributed by atoms with van der Waals surface area (Å²) in [5.41, 5.74) is 2.09. The summed E-state index contributed by atoms with van der Waals surface area (Å²) < 4.78 is 7.05. The van der Waals surface area contributed by atoms with Crippen LogP contribution in [0, 0.1) is 0 Å². The Balaban J connectivity index is 2.23. The highest BCUT2D eigenvalue weighted by Crippen LogP contribution is 2.42. The lowest BCUT2D eigenvalue weighted by Gasteiger charge is -2.11. The van der Waals surface area contributed by atoms with Crippen molar-refractivity contribution < 1.29 is 4.74 Å². The lowest BCUT2D eigenvalue weighted by molar-refractivity contribution is 0.317. The van der Waals surface area contributed by atoms with Gasteiger partial charge in [0.15, 0.2) is 0 Å². The lowest BCUT2D eigenvalue weighted by Crippen LogP contribution is -1.97. The second-order valence-corrected chi connectivity index (χ2v) is 7.26. The predicted octanol–water partition coefficient (Wildman–Crippen LogP) is 6.33. The highest BCUT2D eigenvalue weighted by atomic mass is 79.9. The zero-order valence-corrected chi connectivity index (χ0v) is 14.2.